The monoisotopic (exact) mass is 223 g/mol. The first kappa shape index (κ1) is 12.6. The van der Waals surface area contributed by atoms with Crippen LogP contribution >= 0.6 is 0 Å². The molecule has 0 aliphatic carbocycles. The van der Waals surface area contributed by atoms with Crippen LogP contribution < -0.4 is 5.73 Å². The highest BCUT2D eigenvalue weighted by molar-refractivity contribution is 5.27. The molecule has 0 saturated carbocycles. The van der Waals surface area contributed by atoms with E-state index < -0.39 is 4.92 Å². The number of nitrogens with two attached hydrogens (primary N) is 1. The Hall–Kier alpha value is -1.49. The molecule has 1 rings (SSSR count). The van der Waals surface area contributed by atoms with Crippen LogP contribution in [0.1, 0.15) is 26.5 Å². The van der Waals surface area contributed by atoms with Gasteiger partial charge in [-0.3, -0.25) is 15.1 Å². The van der Waals surface area contributed by atoms with Crippen molar-refractivity contribution in [3.63, 3.8) is 0 Å². The largest absolute Gasteiger partial charge is 0.327 e. The molecule has 1 aromatic rings. The maximum atomic E-state index is 10.4. The van der Waals surface area contributed by atoms with Gasteiger partial charge in [-0.1, -0.05) is 20.8 Å². The summed E-state index contributed by atoms with van der Waals surface area (Å²) in [6, 6.07) is 3.10. The second kappa shape index (κ2) is 4.57. The Kier molecular flexibility index (Phi) is 3.59. The van der Waals surface area contributed by atoms with Gasteiger partial charge >= 0.3 is 0 Å². The summed E-state index contributed by atoms with van der Waals surface area (Å²) in [5.74, 6) is 0. The van der Waals surface area contributed by atoms with E-state index in [1.165, 1.54) is 12.3 Å². The molecule has 1 aromatic heterocycles. The first-order valence-corrected chi connectivity index (χ1v) is 5.15. The highest BCUT2D eigenvalue weighted by atomic mass is 16.6. The van der Waals surface area contributed by atoms with Crippen molar-refractivity contribution in [2.24, 2.45) is 11.1 Å². The van der Waals surface area contributed by atoms with Gasteiger partial charge in [-0.05, 0) is 11.5 Å². The van der Waals surface area contributed by atoms with Crippen LogP contribution in [-0.2, 0) is 6.42 Å². The van der Waals surface area contributed by atoms with Gasteiger partial charge in [-0.15, -0.1) is 0 Å². The smallest absolute Gasteiger partial charge is 0.287 e. The molecule has 0 aromatic carbocycles. The van der Waals surface area contributed by atoms with E-state index in [1.54, 1.807) is 6.07 Å². The Bertz CT molecular complexity index is 368. The minimum atomic E-state index is -0.458. The van der Waals surface area contributed by atoms with Crippen LogP contribution in [-0.4, -0.2) is 15.9 Å². The zero-order valence-corrected chi connectivity index (χ0v) is 9.80. The summed E-state index contributed by atoms with van der Waals surface area (Å²) in [5.41, 5.74) is 6.80. The summed E-state index contributed by atoms with van der Waals surface area (Å²) in [5, 5.41) is 10.4. The summed E-state index contributed by atoms with van der Waals surface area (Å²) in [6.45, 7) is 6.18. The first-order chi connectivity index (χ1) is 7.30. The fourth-order valence-corrected chi connectivity index (χ4v) is 1.18. The Morgan fingerprint density at radius 3 is 2.50 bits per heavy atom. The molecule has 5 heteroatoms. The third-order valence-electron chi connectivity index (χ3n) is 2.56. The van der Waals surface area contributed by atoms with E-state index >= 15 is 0 Å². The van der Waals surface area contributed by atoms with Gasteiger partial charge in [0, 0.05) is 24.2 Å². The van der Waals surface area contributed by atoms with Crippen molar-refractivity contribution < 1.29 is 4.92 Å². The maximum Gasteiger partial charge on any atom is 0.287 e. The number of hydrogen-bond donors (Lipinski definition) is 1. The van der Waals surface area contributed by atoms with Gasteiger partial charge in [0.25, 0.3) is 5.69 Å². The van der Waals surface area contributed by atoms with E-state index in [4.69, 9.17) is 5.73 Å². The molecule has 0 amide bonds. The number of pyridine rings is 1. The molecule has 1 unspecified atom stereocenters. The quantitative estimate of drug-likeness (QED) is 0.626. The van der Waals surface area contributed by atoms with E-state index in [0.717, 1.165) is 5.69 Å². The van der Waals surface area contributed by atoms with Gasteiger partial charge in [-0.25, -0.2) is 0 Å². The summed E-state index contributed by atoms with van der Waals surface area (Å²) >= 11 is 0. The second-order valence-electron chi connectivity index (χ2n) is 4.94. The van der Waals surface area contributed by atoms with Crippen LogP contribution in [0.2, 0.25) is 0 Å². The fourth-order valence-electron chi connectivity index (χ4n) is 1.18. The molecule has 1 heterocycles. The molecule has 0 aliphatic heterocycles. The van der Waals surface area contributed by atoms with Crippen molar-refractivity contribution in [1.82, 2.24) is 4.98 Å². The molecular formula is C11H17N3O2. The van der Waals surface area contributed by atoms with Gasteiger partial charge in [0.1, 0.15) is 6.20 Å². The zero-order valence-electron chi connectivity index (χ0n) is 9.80. The van der Waals surface area contributed by atoms with Gasteiger partial charge in [-0.2, -0.15) is 0 Å². The standard InChI is InChI=1S/C11H17N3O2/c1-11(2,3)10(12)6-8-4-5-9(7-13-8)14(15)16/h4-5,7,10H,6,12H2,1-3H3. The summed E-state index contributed by atoms with van der Waals surface area (Å²) in [6.07, 6.45) is 1.90. The molecule has 0 saturated heterocycles. The summed E-state index contributed by atoms with van der Waals surface area (Å²) in [7, 11) is 0. The predicted octanol–water partition coefficient (Wildman–Crippen LogP) is 1.91. The molecule has 0 radical (unpaired) electrons. The lowest BCUT2D eigenvalue weighted by atomic mass is 9.85. The molecule has 0 spiro atoms. The van der Waals surface area contributed by atoms with Crippen molar-refractivity contribution in [2.45, 2.75) is 33.2 Å². The van der Waals surface area contributed by atoms with E-state index in [1.807, 2.05) is 0 Å². The predicted molar refractivity (Wildman–Crippen MR) is 62.0 cm³/mol. The molecule has 16 heavy (non-hydrogen) atoms. The van der Waals surface area contributed by atoms with Gasteiger partial charge in [0.15, 0.2) is 0 Å². The average molecular weight is 223 g/mol. The molecule has 5 nitrogen and oxygen atoms in total. The SMILES string of the molecule is CC(C)(C)C(N)Cc1ccc([N+](=O)[O-])cn1. The van der Waals surface area contributed by atoms with Crippen LogP contribution in [0.15, 0.2) is 18.3 Å². The van der Waals surface area contributed by atoms with Crippen LogP contribution in [0.3, 0.4) is 0 Å². The third kappa shape index (κ3) is 3.27. The van der Waals surface area contributed by atoms with E-state index in [0.29, 0.717) is 6.42 Å². The lowest BCUT2D eigenvalue weighted by Gasteiger charge is -2.26. The summed E-state index contributed by atoms with van der Waals surface area (Å²) < 4.78 is 0. The Labute approximate surface area is 94.8 Å². The van der Waals surface area contributed by atoms with Crippen molar-refractivity contribution in [1.29, 1.82) is 0 Å². The maximum absolute atomic E-state index is 10.4. The third-order valence-corrected chi connectivity index (χ3v) is 2.56. The lowest BCUT2D eigenvalue weighted by molar-refractivity contribution is -0.385. The normalized spacial score (nSPS) is 13.5. The van der Waals surface area contributed by atoms with Crippen LogP contribution in [0.5, 0.6) is 0 Å². The van der Waals surface area contributed by atoms with Gasteiger partial charge in [0.2, 0.25) is 0 Å². The minimum Gasteiger partial charge on any atom is -0.327 e. The van der Waals surface area contributed by atoms with Crippen molar-refractivity contribution in [2.75, 3.05) is 0 Å². The van der Waals surface area contributed by atoms with Crippen molar-refractivity contribution >= 4 is 5.69 Å². The fraction of sp³-hybridized carbons (Fsp3) is 0.545. The molecule has 2 N–H and O–H groups in total. The Morgan fingerprint density at radius 2 is 2.12 bits per heavy atom. The van der Waals surface area contributed by atoms with Crippen LogP contribution in [0.25, 0.3) is 0 Å². The highest BCUT2D eigenvalue weighted by Gasteiger charge is 2.21. The number of nitrogens with zero attached hydrogens (tertiary/aromatic N) is 2. The van der Waals surface area contributed by atoms with Gasteiger partial charge < -0.3 is 5.73 Å². The Morgan fingerprint density at radius 1 is 1.50 bits per heavy atom. The van der Waals surface area contributed by atoms with E-state index in [9.17, 15) is 10.1 Å². The Balaban J connectivity index is 2.73. The van der Waals surface area contributed by atoms with Gasteiger partial charge in [0.05, 0.1) is 4.92 Å². The van der Waals surface area contributed by atoms with Crippen molar-refractivity contribution in [3.05, 3.63) is 34.1 Å². The molecular weight excluding hydrogens is 206 g/mol. The molecule has 88 valence electrons. The first-order valence-electron chi connectivity index (χ1n) is 5.15. The zero-order chi connectivity index (χ0) is 12.3. The van der Waals surface area contributed by atoms with E-state index in [2.05, 4.69) is 25.8 Å². The van der Waals surface area contributed by atoms with E-state index in [-0.39, 0.29) is 17.1 Å². The van der Waals surface area contributed by atoms with Crippen molar-refractivity contribution in [3.8, 4) is 0 Å². The topological polar surface area (TPSA) is 82.0 Å². The molecule has 0 fully saturated rings. The molecule has 0 aliphatic rings. The minimum absolute atomic E-state index is 0.00343. The lowest BCUT2D eigenvalue weighted by Crippen LogP contribution is -2.37. The summed E-state index contributed by atoms with van der Waals surface area (Å²) in [4.78, 5) is 14.0. The number of hydrogen-bond acceptors (Lipinski definition) is 4. The number of rotatable bonds is 3. The average Bonchev–Trinajstić information content (AvgIpc) is 2.17. The van der Waals surface area contributed by atoms with Crippen LogP contribution in [0.4, 0.5) is 5.69 Å². The second-order valence-corrected chi connectivity index (χ2v) is 4.94. The number of aromatic nitrogens is 1. The molecule has 1 atom stereocenters. The van der Waals surface area contributed by atoms with Crippen LogP contribution in [0, 0.1) is 15.5 Å². The number of nitro groups is 1. The highest BCUT2D eigenvalue weighted by Crippen LogP contribution is 2.20. The molecule has 0 bridgehead atoms.